The first-order valence-electron chi connectivity index (χ1n) is 18.9. The molecule has 0 spiro atoms. The average molecular weight is 732 g/mol. The number of benzene rings is 6. The van der Waals surface area contributed by atoms with E-state index in [1.807, 2.05) is 42.9 Å². The summed E-state index contributed by atoms with van der Waals surface area (Å²) in [7, 11) is 0. The molecule has 12 rings (SSSR count). The second-order valence-corrected chi connectivity index (χ2v) is 14.5. The molecule has 0 saturated carbocycles. The normalized spacial score (nSPS) is 11.9. The molecule has 0 saturated heterocycles. The molecule has 57 heavy (non-hydrogen) atoms. The zero-order valence-electron chi connectivity index (χ0n) is 30.3. The highest BCUT2D eigenvalue weighted by atomic mass is 16.3. The zero-order valence-corrected chi connectivity index (χ0v) is 30.3. The average Bonchev–Trinajstić information content (AvgIpc) is 3.96. The van der Waals surface area contributed by atoms with Crippen LogP contribution in [0.5, 0.6) is 0 Å². The fourth-order valence-electron chi connectivity index (χ4n) is 8.24. The molecule has 0 fully saturated rings. The number of aromatic nitrogens is 3. The molecule has 0 amide bonds. The van der Waals surface area contributed by atoms with Crippen LogP contribution in [0.4, 0.5) is 0 Å². The van der Waals surface area contributed by atoms with Crippen LogP contribution in [0.25, 0.3) is 122 Å². The van der Waals surface area contributed by atoms with Gasteiger partial charge >= 0.3 is 0 Å². The van der Waals surface area contributed by atoms with E-state index in [0.717, 1.165) is 122 Å². The second-order valence-electron chi connectivity index (χ2n) is 14.5. The van der Waals surface area contributed by atoms with Gasteiger partial charge in [-0.3, -0.25) is 15.0 Å². The van der Waals surface area contributed by atoms with Crippen molar-refractivity contribution >= 4 is 65.8 Å². The van der Waals surface area contributed by atoms with E-state index in [9.17, 15) is 0 Å². The lowest BCUT2D eigenvalue weighted by Gasteiger charge is -2.09. The third-order valence-electron chi connectivity index (χ3n) is 11.1. The van der Waals surface area contributed by atoms with Gasteiger partial charge in [0.1, 0.15) is 27.9 Å². The molecular formula is C51H29N3O3. The Kier molecular flexibility index (Phi) is 6.83. The van der Waals surface area contributed by atoms with Crippen molar-refractivity contribution in [2.75, 3.05) is 0 Å². The van der Waals surface area contributed by atoms with Gasteiger partial charge < -0.3 is 13.3 Å². The SMILES string of the molecule is c1cc(-c2cccc(-c3ccc4oc5cnc(-c6cccc(-c7ccc8oc9ccncc9c8c7)c6)cc5c4c3)c2)cc(-c2ccc3oc4ccncc4c3c2)c1. The van der Waals surface area contributed by atoms with E-state index < -0.39 is 0 Å². The Labute approximate surface area is 325 Å². The number of hydrogen-bond acceptors (Lipinski definition) is 6. The van der Waals surface area contributed by atoms with Crippen LogP contribution in [0.15, 0.2) is 190 Å². The monoisotopic (exact) mass is 731 g/mol. The van der Waals surface area contributed by atoms with Gasteiger partial charge in [-0.1, -0.05) is 72.8 Å². The lowest BCUT2D eigenvalue weighted by Crippen LogP contribution is -1.85. The largest absolute Gasteiger partial charge is 0.456 e. The van der Waals surface area contributed by atoms with Crippen molar-refractivity contribution in [3.63, 3.8) is 0 Å². The molecule has 6 aromatic heterocycles. The van der Waals surface area contributed by atoms with E-state index in [1.165, 1.54) is 0 Å². The molecule has 0 radical (unpaired) electrons. The Morgan fingerprint density at radius 3 is 1.14 bits per heavy atom. The van der Waals surface area contributed by atoms with Crippen LogP contribution < -0.4 is 0 Å². The van der Waals surface area contributed by atoms with Crippen LogP contribution in [0.2, 0.25) is 0 Å². The molecule has 266 valence electrons. The van der Waals surface area contributed by atoms with Crippen molar-refractivity contribution in [2.45, 2.75) is 0 Å². The van der Waals surface area contributed by atoms with Crippen molar-refractivity contribution in [3.8, 4) is 55.8 Å². The first-order chi connectivity index (χ1) is 28.2. The third-order valence-corrected chi connectivity index (χ3v) is 11.1. The Hall–Kier alpha value is -7.83. The molecule has 6 nitrogen and oxygen atoms in total. The van der Waals surface area contributed by atoms with Crippen molar-refractivity contribution < 1.29 is 13.3 Å². The maximum Gasteiger partial charge on any atom is 0.153 e. The van der Waals surface area contributed by atoms with Crippen molar-refractivity contribution in [1.82, 2.24) is 15.0 Å². The minimum Gasteiger partial charge on any atom is -0.456 e. The van der Waals surface area contributed by atoms with Crippen LogP contribution >= 0.6 is 0 Å². The summed E-state index contributed by atoms with van der Waals surface area (Å²) in [4.78, 5) is 13.5. The number of furan rings is 3. The van der Waals surface area contributed by atoms with Crippen molar-refractivity contribution in [2.24, 2.45) is 0 Å². The zero-order chi connectivity index (χ0) is 37.5. The maximum absolute atomic E-state index is 6.30. The summed E-state index contributed by atoms with van der Waals surface area (Å²) in [6.07, 6.45) is 9.09. The second kappa shape index (κ2) is 12.3. The lowest BCUT2D eigenvalue weighted by atomic mass is 9.95. The fraction of sp³-hybridized carbons (Fsp3) is 0. The van der Waals surface area contributed by atoms with E-state index >= 15 is 0 Å². The Morgan fingerprint density at radius 2 is 0.649 bits per heavy atom. The van der Waals surface area contributed by atoms with Crippen LogP contribution in [0.1, 0.15) is 0 Å². The quantitative estimate of drug-likeness (QED) is 0.175. The molecule has 0 aliphatic rings. The summed E-state index contributed by atoms with van der Waals surface area (Å²) in [5.74, 6) is 0. The predicted octanol–water partition coefficient (Wildman–Crippen LogP) is 13.9. The highest BCUT2D eigenvalue weighted by Crippen LogP contribution is 2.38. The Balaban J connectivity index is 0.881. The Morgan fingerprint density at radius 1 is 0.281 bits per heavy atom. The van der Waals surface area contributed by atoms with Crippen LogP contribution in [0.3, 0.4) is 0 Å². The number of nitrogens with zero attached hydrogens (tertiary/aromatic N) is 3. The van der Waals surface area contributed by atoms with E-state index in [1.54, 1.807) is 12.4 Å². The Bertz CT molecular complexity index is 3550. The van der Waals surface area contributed by atoms with Crippen LogP contribution in [-0.2, 0) is 0 Å². The molecule has 6 aromatic carbocycles. The molecule has 0 aliphatic carbocycles. The van der Waals surface area contributed by atoms with Crippen LogP contribution in [0, 0.1) is 0 Å². The third kappa shape index (κ3) is 5.23. The first-order valence-corrected chi connectivity index (χ1v) is 18.9. The summed E-state index contributed by atoms with van der Waals surface area (Å²) in [5.41, 5.74) is 15.9. The molecule has 0 N–H and O–H groups in total. The predicted molar refractivity (Wildman–Crippen MR) is 229 cm³/mol. The fourth-order valence-corrected chi connectivity index (χ4v) is 8.24. The topological polar surface area (TPSA) is 78.1 Å². The molecular weight excluding hydrogens is 703 g/mol. The standard InChI is InChI=1S/C51H29N3O3/c1-4-30(31-5-2-7-33(21-31)36-11-14-47-40(24-36)43-27-52-18-16-49(43)55-47)20-32(6-1)35-10-13-46-39(23-35)42-26-45(54-29-51(42)57-46)38-9-3-8-34(22-38)37-12-15-48-41(25-37)44-28-53-19-17-50(44)56-48/h1-29H. The van der Waals surface area contributed by atoms with Gasteiger partial charge in [0.05, 0.1) is 11.9 Å². The van der Waals surface area contributed by atoms with Crippen LogP contribution in [-0.4, -0.2) is 15.0 Å². The van der Waals surface area contributed by atoms with E-state index in [2.05, 4.69) is 131 Å². The van der Waals surface area contributed by atoms with Gasteiger partial charge in [-0.05, 0) is 117 Å². The number of hydrogen-bond donors (Lipinski definition) is 0. The summed E-state index contributed by atoms with van der Waals surface area (Å²) < 4.78 is 18.4. The van der Waals surface area contributed by atoms with Gasteiger partial charge in [-0.15, -0.1) is 0 Å². The maximum atomic E-state index is 6.30. The molecule has 6 heteroatoms. The van der Waals surface area contributed by atoms with Gasteiger partial charge in [0, 0.05) is 62.7 Å². The smallest absolute Gasteiger partial charge is 0.153 e. The molecule has 0 unspecified atom stereocenters. The number of pyridine rings is 3. The van der Waals surface area contributed by atoms with E-state index in [0.29, 0.717) is 0 Å². The molecule has 12 aromatic rings. The number of rotatable bonds is 5. The van der Waals surface area contributed by atoms with E-state index in [-0.39, 0.29) is 0 Å². The van der Waals surface area contributed by atoms with Crippen molar-refractivity contribution in [1.29, 1.82) is 0 Å². The van der Waals surface area contributed by atoms with Gasteiger partial charge in [-0.2, -0.15) is 0 Å². The van der Waals surface area contributed by atoms with Gasteiger partial charge in [0.15, 0.2) is 5.58 Å². The molecule has 6 heterocycles. The summed E-state index contributed by atoms with van der Waals surface area (Å²) in [6.45, 7) is 0. The van der Waals surface area contributed by atoms with Gasteiger partial charge in [0.2, 0.25) is 0 Å². The van der Waals surface area contributed by atoms with E-state index in [4.69, 9.17) is 18.2 Å². The molecule has 0 aliphatic heterocycles. The lowest BCUT2D eigenvalue weighted by molar-refractivity contribution is 0.667. The highest BCUT2D eigenvalue weighted by molar-refractivity contribution is 6.08. The summed E-state index contributed by atoms with van der Waals surface area (Å²) in [6, 6.07) is 51.0. The molecule has 0 atom stereocenters. The minimum atomic E-state index is 0.761. The van der Waals surface area contributed by atoms with Crippen molar-refractivity contribution in [3.05, 3.63) is 177 Å². The van der Waals surface area contributed by atoms with Gasteiger partial charge in [-0.25, -0.2) is 0 Å². The number of fused-ring (bicyclic) bond motifs is 9. The molecule has 0 bridgehead atoms. The summed E-state index contributed by atoms with van der Waals surface area (Å²) in [5, 5.41) is 6.24. The van der Waals surface area contributed by atoms with Gasteiger partial charge in [0.25, 0.3) is 0 Å². The minimum absolute atomic E-state index is 0.761. The summed E-state index contributed by atoms with van der Waals surface area (Å²) >= 11 is 0. The highest BCUT2D eigenvalue weighted by Gasteiger charge is 2.14. The first kappa shape index (κ1) is 31.5.